The Hall–Kier alpha value is -1.25. The SMILES string of the molecule is CCC1(C)CCN(C(=O)c2ccco2)CC1. The van der Waals surface area contributed by atoms with Crippen LogP contribution in [0.3, 0.4) is 0 Å². The Kier molecular flexibility index (Phi) is 3.03. The summed E-state index contributed by atoms with van der Waals surface area (Å²) in [5.74, 6) is 0.489. The number of hydrogen-bond donors (Lipinski definition) is 0. The lowest BCUT2D eigenvalue weighted by Crippen LogP contribution is -2.41. The monoisotopic (exact) mass is 221 g/mol. The molecular formula is C13H19NO2. The Morgan fingerprint density at radius 3 is 2.69 bits per heavy atom. The Morgan fingerprint density at radius 1 is 1.50 bits per heavy atom. The van der Waals surface area contributed by atoms with E-state index in [0.717, 1.165) is 25.9 Å². The number of carbonyl (C=O) groups is 1. The lowest BCUT2D eigenvalue weighted by molar-refractivity contribution is 0.0570. The van der Waals surface area contributed by atoms with Crippen molar-refractivity contribution in [2.75, 3.05) is 13.1 Å². The van der Waals surface area contributed by atoms with Crippen molar-refractivity contribution in [3.8, 4) is 0 Å². The minimum absolute atomic E-state index is 0.0307. The molecule has 0 aliphatic carbocycles. The van der Waals surface area contributed by atoms with Gasteiger partial charge in [0.15, 0.2) is 5.76 Å². The smallest absolute Gasteiger partial charge is 0.289 e. The van der Waals surface area contributed by atoms with Crippen LogP contribution in [0, 0.1) is 5.41 Å². The zero-order chi connectivity index (χ0) is 11.6. The molecule has 2 rings (SSSR count). The first kappa shape index (κ1) is 11.2. The number of nitrogens with zero attached hydrogens (tertiary/aromatic N) is 1. The van der Waals surface area contributed by atoms with Crippen molar-refractivity contribution in [3.63, 3.8) is 0 Å². The molecule has 16 heavy (non-hydrogen) atoms. The summed E-state index contributed by atoms with van der Waals surface area (Å²) in [5, 5.41) is 0. The molecule has 0 bridgehead atoms. The van der Waals surface area contributed by atoms with Crippen molar-refractivity contribution in [1.82, 2.24) is 4.90 Å². The van der Waals surface area contributed by atoms with Gasteiger partial charge in [-0.25, -0.2) is 0 Å². The van der Waals surface area contributed by atoms with Crippen molar-refractivity contribution < 1.29 is 9.21 Å². The van der Waals surface area contributed by atoms with E-state index in [9.17, 15) is 4.79 Å². The van der Waals surface area contributed by atoms with Crippen LogP contribution in [0.1, 0.15) is 43.7 Å². The van der Waals surface area contributed by atoms with E-state index in [1.165, 1.54) is 6.42 Å². The molecule has 88 valence electrons. The van der Waals surface area contributed by atoms with Gasteiger partial charge in [0.25, 0.3) is 5.91 Å². The van der Waals surface area contributed by atoms with Gasteiger partial charge in [-0.1, -0.05) is 20.3 Å². The Morgan fingerprint density at radius 2 is 2.19 bits per heavy atom. The first-order chi connectivity index (χ1) is 7.64. The number of likely N-dealkylation sites (tertiary alicyclic amines) is 1. The van der Waals surface area contributed by atoms with Crippen LogP contribution >= 0.6 is 0 Å². The third kappa shape index (κ3) is 2.13. The first-order valence-corrected chi connectivity index (χ1v) is 5.97. The van der Waals surface area contributed by atoms with Gasteiger partial charge in [0, 0.05) is 13.1 Å². The van der Waals surface area contributed by atoms with Crippen LogP contribution in [-0.2, 0) is 0 Å². The zero-order valence-electron chi connectivity index (χ0n) is 10.0. The molecule has 0 unspecified atom stereocenters. The van der Waals surface area contributed by atoms with Crippen molar-refractivity contribution in [2.45, 2.75) is 33.1 Å². The van der Waals surface area contributed by atoms with Crippen LogP contribution in [0.25, 0.3) is 0 Å². The van der Waals surface area contributed by atoms with Gasteiger partial charge in [0.2, 0.25) is 0 Å². The van der Waals surface area contributed by atoms with Gasteiger partial charge in [-0.05, 0) is 30.4 Å². The maximum absolute atomic E-state index is 12.0. The van der Waals surface area contributed by atoms with Crippen LogP contribution in [-0.4, -0.2) is 23.9 Å². The molecule has 3 heteroatoms. The molecule has 3 nitrogen and oxygen atoms in total. The summed E-state index contributed by atoms with van der Waals surface area (Å²) in [6, 6.07) is 3.49. The standard InChI is InChI=1S/C13H19NO2/c1-3-13(2)6-8-14(9-7-13)12(15)11-5-4-10-16-11/h4-5,10H,3,6-9H2,1-2H3. The van der Waals surface area contributed by atoms with E-state index in [4.69, 9.17) is 4.42 Å². The molecule has 1 fully saturated rings. The molecule has 0 saturated carbocycles. The average Bonchev–Trinajstić information content (AvgIpc) is 2.83. The summed E-state index contributed by atoms with van der Waals surface area (Å²) >= 11 is 0. The molecule has 1 aromatic heterocycles. The fourth-order valence-corrected chi connectivity index (χ4v) is 2.16. The van der Waals surface area contributed by atoms with Gasteiger partial charge in [-0.2, -0.15) is 0 Å². The Labute approximate surface area is 96.4 Å². The summed E-state index contributed by atoms with van der Waals surface area (Å²) < 4.78 is 5.14. The molecule has 2 heterocycles. The Bertz CT molecular complexity index is 348. The minimum Gasteiger partial charge on any atom is -0.459 e. The van der Waals surface area contributed by atoms with Crippen LogP contribution in [0.5, 0.6) is 0 Å². The molecule has 0 spiro atoms. The minimum atomic E-state index is 0.0307. The number of carbonyl (C=O) groups excluding carboxylic acids is 1. The van der Waals surface area contributed by atoms with E-state index in [1.54, 1.807) is 18.4 Å². The number of piperidine rings is 1. The predicted octanol–water partition coefficient (Wildman–Crippen LogP) is 2.93. The van der Waals surface area contributed by atoms with Crippen LogP contribution in [0.2, 0.25) is 0 Å². The Balaban J connectivity index is 1.97. The third-order valence-corrected chi connectivity index (χ3v) is 3.84. The highest BCUT2D eigenvalue weighted by molar-refractivity contribution is 5.91. The summed E-state index contributed by atoms with van der Waals surface area (Å²) in [7, 11) is 0. The second-order valence-corrected chi connectivity index (χ2v) is 4.93. The molecule has 0 atom stereocenters. The molecule has 1 amide bonds. The van der Waals surface area contributed by atoms with Gasteiger partial charge in [-0.3, -0.25) is 4.79 Å². The van der Waals surface area contributed by atoms with Crippen LogP contribution in [0.15, 0.2) is 22.8 Å². The normalized spacial score (nSPS) is 19.8. The summed E-state index contributed by atoms with van der Waals surface area (Å²) in [6.45, 7) is 6.24. The second kappa shape index (κ2) is 4.32. The molecule has 1 aliphatic rings. The molecule has 0 N–H and O–H groups in total. The van der Waals surface area contributed by atoms with E-state index in [1.807, 2.05) is 4.90 Å². The fraction of sp³-hybridized carbons (Fsp3) is 0.615. The topological polar surface area (TPSA) is 33.5 Å². The molecule has 1 aromatic rings. The van der Waals surface area contributed by atoms with Crippen molar-refractivity contribution in [3.05, 3.63) is 24.2 Å². The summed E-state index contributed by atoms with van der Waals surface area (Å²) in [4.78, 5) is 13.9. The van der Waals surface area contributed by atoms with E-state index >= 15 is 0 Å². The summed E-state index contributed by atoms with van der Waals surface area (Å²) in [6.07, 6.45) is 4.93. The van der Waals surface area contributed by atoms with Gasteiger partial charge in [0.05, 0.1) is 6.26 Å². The molecule has 0 aromatic carbocycles. The first-order valence-electron chi connectivity index (χ1n) is 5.97. The lowest BCUT2D eigenvalue weighted by atomic mass is 9.78. The zero-order valence-corrected chi connectivity index (χ0v) is 10.0. The van der Waals surface area contributed by atoms with Gasteiger partial charge >= 0.3 is 0 Å². The highest BCUT2D eigenvalue weighted by Crippen LogP contribution is 2.34. The predicted molar refractivity (Wildman–Crippen MR) is 62.2 cm³/mol. The van der Waals surface area contributed by atoms with E-state index in [0.29, 0.717) is 11.2 Å². The number of hydrogen-bond acceptors (Lipinski definition) is 2. The highest BCUT2D eigenvalue weighted by Gasteiger charge is 2.31. The van der Waals surface area contributed by atoms with Crippen molar-refractivity contribution in [2.24, 2.45) is 5.41 Å². The van der Waals surface area contributed by atoms with Crippen molar-refractivity contribution >= 4 is 5.91 Å². The highest BCUT2D eigenvalue weighted by atomic mass is 16.3. The quantitative estimate of drug-likeness (QED) is 0.769. The van der Waals surface area contributed by atoms with Crippen LogP contribution < -0.4 is 0 Å². The van der Waals surface area contributed by atoms with Gasteiger partial charge < -0.3 is 9.32 Å². The summed E-state index contributed by atoms with van der Waals surface area (Å²) in [5.41, 5.74) is 0.417. The second-order valence-electron chi connectivity index (χ2n) is 4.93. The molecule has 0 radical (unpaired) electrons. The number of amides is 1. The average molecular weight is 221 g/mol. The fourth-order valence-electron chi connectivity index (χ4n) is 2.16. The molecule has 1 saturated heterocycles. The maximum Gasteiger partial charge on any atom is 0.289 e. The maximum atomic E-state index is 12.0. The number of furan rings is 1. The third-order valence-electron chi connectivity index (χ3n) is 3.84. The van der Waals surface area contributed by atoms with Gasteiger partial charge in [0.1, 0.15) is 0 Å². The van der Waals surface area contributed by atoms with E-state index < -0.39 is 0 Å². The lowest BCUT2D eigenvalue weighted by Gasteiger charge is -2.38. The van der Waals surface area contributed by atoms with E-state index in [-0.39, 0.29) is 5.91 Å². The number of rotatable bonds is 2. The molecular weight excluding hydrogens is 202 g/mol. The van der Waals surface area contributed by atoms with E-state index in [2.05, 4.69) is 13.8 Å². The largest absolute Gasteiger partial charge is 0.459 e. The van der Waals surface area contributed by atoms with Gasteiger partial charge in [-0.15, -0.1) is 0 Å². The molecule has 1 aliphatic heterocycles. The van der Waals surface area contributed by atoms with Crippen LogP contribution in [0.4, 0.5) is 0 Å². The van der Waals surface area contributed by atoms with Crippen molar-refractivity contribution in [1.29, 1.82) is 0 Å².